The van der Waals surface area contributed by atoms with Crippen LogP contribution in [-0.2, 0) is 4.79 Å². The van der Waals surface area contributed by atoms with Gasteiger partial charge in [-0.15, -0.1) is 0 Å². The highest BCUT2D eigenvalue weighted by Gasteiger charge is 2.22. The average Bonchev–Trinajstić information content (AvgIpc) is 2.48. The molecule has 2 rings (SSSR count). The molecule has 0 bridgehead atoms. The summed E-state index contributed by atoms with van der Waals surface area (Å²) in [5.41, 5.74) is 4.03. The molecule has 1 unspecified atom stereocenters. The Morgan fingerprint density at radius 1 is 1.30 bits per heavy atom. The summed E-state index contributed by atoms with van der Waals surface area (Å²) in [7, 11) is 1.68. The zero-order valence-electron chi connectivity index (χ0n) is 12.7. The summed E-state index contributed by atoms with van der Waals surface area (Å²) in [6, 6.07) is 8.24. The van der Waals surface area contributed by atoms with Crippen molar-refractivity contribution >= 4 is 11.4 Å². The number of hydrogen-bond donors (Lipinski definition) is 0. The van der Waals surface area contributed by atoms with Gasteiger partial charge in [-0.05, 0) is 55.4 Å². The lowest BCUT2D eigenvalue weighted by molar-refractivity contribution is -0.121. The van der Waals surface area contributed by atoms with Crippen molar-refractivity contribution in [2.45, 2.75) is 46.0 Å². The monoisotopic (exact) mass is 272 g/mol. The first-order chi connectivity index (χ1) is 9.65. The molecule has 1 aliphatic rings. The molecule has 1 saturated carbocycles. The zero-order valence-corrected chi connectivity index (χ0v) is 12.7. The van der Waals surface area contributed by atoms with Crippen LogP contribution in [0.2, 0.25) is 0 Å². The molecule has 0 spiro atoms. The van der Waals surface area contributed by atoms with Gasteiger partial charge in [0.05, 0.1) is 7.11 Å². The molecule has 0 saturated heterocycles. The molecule has 0 amide bonds. The largest absolute Gasteiger partial charge is 0.497 e. The van der Waals surface area contributed by atoms with Gasteiger partial charge >= 0.3 is 0 Å². The van der Waals surface area contributed by atoms with Gasteiger partial charge in [-0.2, -0.15) is 0 Å². The minimum atomic E-state index is 0.422. The molecule has 2 heteroatoms. The van der Waals surface area contributed by atoms with E-state index in [4.69, 9.17) is 4.74 Å². The van der Waals surface area contributed by atoms with Gasteiger partial charge in [0.15, 0.2) is 0 Å². The molecule has 0 aromatic heterocycles. The van der Waals surface area contributed by atoms with E-state index in [1.165, 1.54) is 16.7 Å². The lowest BCUT2D eigenvalue weighted by Crippen LogP contribution is -2.16. The highest BCUT2D eigenvalue weighted by molar-refractivity contribution is 5.80. The lowest BCUT2D eigenvalue weighted by Gasteiger charge is -2.24. The van der Waals surface area contributed by atoms with E-state index in [2.05, 4.69) is 26.0 Å². The number of hydrogen-bond acceptors (Lipinski definition) is 2. The number of Topliss-reactive ketones (excluding diaryl/α,β-unsaturated/α-hetero) is 1. The topological polar surface area (TPSA) is 26.3 Å². The molecule has 1 atom stereocenters. The van der Waals surface area contributed by atoms with Gasteiger partial charge < -0.3 is 4.74 Å². The number of ketones is 1. The van der Waals surface area contributed by atoms with E-state index in [1.807, 2.05) is 12.1 Å². The van der Waals surface area contributed by atoms with Gasteiger partial charge in [-0.1, -0.05) is 24.6 Å². The van der Waals surface area contributed by atoms with E-state index in [0.29, 0.717) is 11.7 Å². The van der Waals surface area contributed by atoms with Crippen LogP contribution >= 0.6 is 0 Å². The average molecular weight is 272 g/mol. The van der Waals surface area contributed by atoms with Crippen molar-refractivity contribution < 1.29 is 9.53 Å². The van der Waals surface area contributed by atoms with E-state index in [9.17, 15) is 4.79 Å². The predicted molar refractivity (Wildman–Crippen MR) is 82.8 cm³/mol. The summed E-state index contributed by atoms with van der Waals surface area (Å²) >= 11 is 0. The third-order valence-electron chi connectivity index (χ3n) is 4.36. The molecule has 0 heterocycles. The maximum Gasteiger partial charge on any atom is 0.133 e. The van der Waals surface area contributed by atoms with Crippen molar-refractivity contribution in [3.8, 4) is 5.75 Å². The fraction of sp³-hybridized carbons (Fsp3) is 0.500. The molecule has 1 aromatic carbocycles. The minimum absolute atomic E-state index is 0.422. The molecule has 2 nitrogen and oxygen atoms in total. The van der Waals surface area contributed by atoms with Gasteiger partial charge in [0.25, 0.3) is 0 Å². The number of benzene rings is 1. The quantitative estimate of drug-likeness (QED) is 0.798. The van der Waals surface area contributed by atoms with Crippen molar-refractivity contribution in [3.63, 3.8) is 0 Å². The van der Waals surface area contributed by atoms with Crippen molar-refractivity contribution in [2.24, 2.45) is 5.92 Å². The fourth-order valence-corrected chi connectivity index (χ4v) is 3.14. The summed E-state index contributed by atoms with van der Waals surface area (Å²) in [5.74, 6) is 1.74. The molecular formula is C18H24O2. The van der Waals surface area contributed by atoms with E-state index < -0.39 is 0 Å². The number of carbonyl (C=O) groups excluding carboxylic acids is 1. The summed E-state index contributed by atoms with van der Waals surface area (Å²) in [4.78, 5) is 11.7. The standard InChI is InChI=1S/C18H24O2/c1-4-18(14-8-10-17(20-3)11-9-14)13(2)15-6-5-7-16(19)12-15/h8-11,15H,4-7,12H2,1-3H3/b18-13+. The maximum atomic E-state index is 11.7. The third-order valence-corrected chi connectivity index (χ3v) is 4.36. The van der Waals surface area contributed by atoms with Crippen molar-refractivity contribution in [1.82, 2.24) is 0 Å². The van der Waals surface area contributed by atoms with E-state index in [-0.39, 0.29) is 0 Å². The van der Waals surface area contributed by atoms with Crippen molar-refractivity contribution in [3.05, 3.63) is 35.4 Å². The molecule has 0 aliphatic heterocycles. The number of ether oxygens (including phenoxy) is 1. The summed E-state index contributed by atoms with van der Waals surface area (Å²) in [6.45, 7) is 4.39. The van der Waals surface area contributed by atoms with Crippen LogP contribution in [0.3, 0.4) is 0 Å². The molecule has 108 valence electrons. The number of rotatable bonds is 4. The maximum absolute atomic E-state index is 11.7. The molecule has 1 fully saturated rings. The molecular weight excluding hydrogens is 248 g/mol. The molecule has 1 aliphatic carbocycles. The van der Waals surface area contributed by atoms with Gasteiger partial charge in [-0.25, -0.2) is 0 Å². The smallest absolute Gasteiger partial charge is 0.133 e. The summed E-state index contributed by atoms with van der Waals surface area (Å²) in [6.07, 6.45) is 4.69. The van der Waals surface area contributed by atoms with Crippen LogP contribution in [0.1, 0.15) is 51.5 Å². The molecule has 0 radical (unpaired) electrons. The van der Waals surface area contributed by atoms with Gasteiger partial charge in [-0.3, -0.25) is 4.79 Å². The third kappa shape index (κ3) is 3.30. The van der Waals surface area contributed by atoms with Crippen LogP contribution in [-0.4, -0.2) is 12.9 Å². The highest BCUT2D eigenvalue weighted by atomic mass is 16.5. The zero-order chi connectivity index (χ0) is 14.5. The van der Waals surface area contributed by atoms with Crippen LogP contribution in [0.25, 0.3) is 5.57 Å². The Labute approximate surface area is 121 Å². The Balaban J connectivity index is 2.27. The van der Waals surface area contributed by atoms with Crippen LogP contribution < -0.4 is 4.74 Å². The normalized spacial score (nSPS) is 20.6. The lowest BCUT2D eigenvalue weighted by atomic mass is 9.80. The second-order valence-corrected chi connectivity index (χ2v) is 5.58. The predicted octanol–water partition coefficient (Wildman–Crippen LogP) is 4.64. The van der Waals surface area contributed by atoms with E-state index in [1.54, 1.807) is 7.11 Å². The Hall–Kier alpha value is -1.57. The fourth-order valence-electron chi connectivity index (χ4n) is 3.14. The first kappa shape index (κ1) is 14.8. The SMILES string of the molecule is CC/C(=C(/C)C1CCCC(=O)C1)c1ccc(OC)cc1. The minimum Gasteiger partial charge on any atom is -0.497 e. The highest BCUT2D eigenvalue weighted by Crippen LogP contribution is 2.34. The van der Waals surface area contributed by atoms with Crippen molar-refractivity contribution in [1.29, 1.82) is 0 Å². The second kappa shape index (κ2) is 6.74. The first-order valence-corrected chi connectivity index (χ1v) is 7.51. The number of carbonyl (C=O) groups is 1. The van der Waals surface area contributed by atoms with E-state index in [0.717, 1.165) is 37.9 Å². The molecule has 0 N–H and O–H groups in total. The van der Waals surface area contributed by atoms with Crippen LogP contribution in [0.4, 0.5) is 0 Å². The number of methoxy groups -OCH3 is 1. The summed E-state index contributed by atoms with van der Waals surface area (Å²) < 4.78 is 5.21. The van der Waals surface area contributed by atoms with Crippen molar-refractivity contribution in [2.75, 3.05) is 7.11 Å². The van der Waals surface area contributed by atoms with E-state index >= 15 is 0 Å². The first-order valence-electron chi connectivity index (χ1n) is 7.51. The summed E-state index contributed by atoms with van der Waals surface area (Å²) in [5, 5.41) is 0. The number of allylic oxidation sites excluding steroid dienone is 2. The van der Waals surface area contributed by atoms with Crippen LogP contribution in [0.5, 0.6) is 5.75 Å². The van der Waals surface area contributed by atoms with Crippen LogP contribution in [0.15, 0.2) is 29.8 Å². The van der Waals surface area contributed by atoms with Gasteiger partial charge in [0, 0.05) is 12.8 Å². The Morgan fingerprint density at radius 3 is 2.55 bits per heavy atom. The Bertz CT molecular complexity index is 497. The second-order valence-electron chi connectivity index (χ2n) is 5.58. The van der Waals surface area contributed by atoms with Gasteiger partial charge in [0.1, 0.15) is 11.5 Å². The van der Waals surface area contributed by atoms with Crippen LogP contribution in [0, 0.1) is 5.92 Å². The Morgan fingerprint density at radius 2 is 2.00 bits per heavy atom. The molecule has 20 heavy (non-hydrogen) atoms. The Kier molecular flexibility index (Phi) is 4.99. The van der Waals surface area contributed by atoms with Gasteiger partial charge in [0.2, 0.25) is 0 Å². The molecule has 1 aromatic rings.